The van der Waals surface area contributed by atoms with E-state index in [0.29, 0.717) is 11.3 Å². The van der Waals surface area contributed by atoms with Crippen molar-refractivity contribution in [3.63, 3.8) is 0 Å². The van der Waals surface area contributed by atoms with Crippen LogP contribution in [0.4, 0.5) is 13.2 Å². The Balaban J connectivity index is 2.44. The van der Waals surface area contributed by atoms with Gasteiger partial charge in [0.2, 0.25) is 0 Å². The Morgan fingerprint density at radius 3 is 2.48 bits per heavy atom. The van der Waals surface area contributed by atoms with Crippen LogP contribution >= 0.6 is 0 Å². The number of aliphatic carboxylic acids is 1. The van der Waals surface area contributed by atoms with Gasteiger partial charge in [0.25, 0.3) is 0 Å². The molecule has 0 fully saturated rings. The first kappa shape index (κ1) is 18.7. The lowest BCUT2D eigenvalue weighted by atomic mass is 9.96. The Kier molecular flexibility index (Phi) is 5.61. The zero-order valence-electron chi connectivity index (χ0n) is 13.8. The number of alkyl halides is 3. The molecule has 0 aromatic carbocycles. The molecule has 0 atom stereocenters. The second kappa shape index (κ2) is 7.50. The van der Waals surface area contributed by atoms with Crippen molar-refractivity contribution in [3.05, 3.63) is 47.4 Å². The predicted molar refractivity (Wildman–Crippen MR) is 86.4 cm³/mol. The van der Waals surface area contributed by atoms with Gasteiger partial charge in [-0.15, -0.1) is 0 Å². The molecule has 5 nitrogen and oxygen atoms in total. The highest BCUT2D eigenvalue weighted by Crippen LogP contribution is 2.30. The molecule has 0 aliphatic carbocycles. The number of pyridine rings is 1. The number of carboxylic acids is 1. The number of halogens is 3. The van der Waals surface area contributed by atoms with Crippen molar-refractivity contribution in [1.29, 1.82) is 0 Å². The number of hydrogen-bond donors (Lipinski definition) is 1. The fraction of sp³-hybridized carbons (Fsp3) is 0.353. The molecule has 0 unspecified atom stereocenters. The van der Waals surface area contributed by atoms with E-state index in [9.17, 15) is 18.0 Å². The second-order valence-electron chi connectivity index (χ2n) is 5.50. The Bertz CT molecular complexity index is 760. The van der Waals surface area contributed by atoms with Crippen molar-refractivity contribution in [3.8, 4) is 5.82 Å². The molecule has 2 aromatic heterocycles. The number of aromatic nitrogens is 3. The lowest BCUT2D eigenvalue weighted by Gasteiger charge is -2.10. The highest BCUT2D eigenvalue weighted by atomic mass is 19.4. The van der Waals surface area contributed by atoms with Crippen molar-refractivity contribution in [2.75, 3.05) is 0 Å². The van der Waals surface area contributed by atoms with Gasteiger partial charge in [-0.05, 0) is 31.1 Å². The monoisotopic (exact) mass is 353 g/mol. The SMILES string of the molecule is CCC(CC)c1nn(-c2ccc(C(F)(F)F)cn2)cc1/C=C/C(=O)O. The fourth-order valence-electron chi connectivity index (χ4n) is 2.49. The summed E-state index contributed by atoms with van der Waals surface area (Å²) in [6.07, 6.45) is 1.93. The van der Waals surface area contributed by atoms with Gasteiger partial charge < -0.3 is 5.11 Å². The first-order valence-corrected chi connectivity index (χ1v) is 7.80. The van der Waals surface area contributed by atoms with Gasteiger partial charge in [-0.25, -0.2) is 14.5 Å². The minimum atomic E-state index is -4.45. The highest BCUT2D eigenvalue weighted by Gasteiger charge is 2.30. The molecule has 1 N–H and O–H groups in total. The van der Waals surface area contributed by atoms with E-state index in [1.165, 1.54) is 16.8 Å². The predicted octanol–water partition coefficient (Wildman–Crippen LogP) is 4.29. The maximum atomic E-state index is 12.6. The molecule has 0 saturated carbocycles. The first-order chi connectivity index (χ1) is 11.8. The third-order valence-electron chi connectivity index (χ3n) is 3.86. The number of carbonyl (C=O) groups is 1. The van der Waals surface area contributed by atoms with Crippen LogP contribution < -0.4 is 0 Å². The number of rotatable bonds is 6. The molecule has 0 aliphatic rings. The van der Waals surface area contributed by atoms with Crippen molar-refractivity contribution in [2.24, 2.45) is 0 Å². The lowest BCUT2D eigenvalue weighted by molar-refractivity contribution is -0.137. The van der Waals surface area contributed by atoms with Gasteiger partial charge in [0.15, 0.2) is 5.82 Å². The fourth-order valence-corrected chi connectivity index (χ4v) is 2.49. The topological polar surface area (TPSA) is 68.0 Å². The third-order valence-corrected chi connectivity index (χ3v) is 3.86. The molecular weight excluding hydrogens is 335 g/mol. The highest BCUT2D eigenvalue weighted by molar-refractivity contribution is 5.85. The Hall–Kier alpha value is -2.64. The maximum Gasteiger partial charge on any atom is 0.417 e. The molecule has 0 radical (unpaired) electrons. The summed E-state index contributed by atoms with van der Waals surface area (Å²) in [5.74, 6) is -0.741. The van der Waals surface area contributed by atoms with E-state index in [2.05, 4.69) is 10.1 Å². The van der Waals surface area contributed by atoms with Gasteiger partial charge in [-0.3, -0.25) is 0 Å². The van der Waals surface area contributed by atoms with Gasteiger partial charge in [-0.1, -0.05) is 13.8 Å². The summed E-state index contributed by atoms with van der Waals surface area (Å²) in [7, 11) is 0. The average molecular weight is 353 g/mol. The van der Waals surface area contributed by atoms with Gasteiger partial charge in [0.1, 0.15) is 0 Å². The Morgan fingerprint density at radius 1 is 1.32 bits per heavy atom. The largest absolute Gasteiger partial charge is 0.478 e. The van der Waals surface area contributed by atoms with Crippen LogP contribution in [0.5, 0.6) is 0 Å². The standard InChI is InChI=1S/C17H18F3N3O2/c1-3-11(4-2)16-12(5-8-15(24)25)10-23(22-16)14-7-6-13(9-21-14)17(18,19)20/h5-11H,3-4H2,1-2H3,(H,24,25)/b8-5+. The van der Waals surface area contributed by atoms with Crippen molar-refractivity contribution < 1.29 is 23.1 Å². The first-order valence-electron chi connectivity index (χ1n) is 7.80. The molecule has 0 saturated heterocycles. The number of carboxylic acid groups (broad SMARTS) is 1. The van der Waals surface area contributed by atoms with Crippen molar-refractivity contribution in [1.82, 2.24) is 14.8 Å². The molecule has 0 aliphatic heterocycles. The summed E-state index contributed by atoms with van der Waals surface area (Å²) in [5.41, 5.74) is 0.469. The van der Waals surface area contributed by atoms with Crippen LogP contribution in [0.3, 0.4) is 0 Å². The van der Waals surface area contributed by atoms with E-state index in [0.717, 1.165) is 31.2 Å². The summed E-state index contributed by atoms with van der Waals surface area (Å²) < 4.78 is 39.3. The molecule has 2 heterocycles. The normalized spacial score (nSPS) is 12.2. The second-order valence-corrected chi connectivity index (χ2v) is 5.50. The Morgan fingerprint density at radius 2 is 2.00 bits per heavy atom. The summed E-state index contributed by atoms with van der Waals surface area (Å²) in [6.45, 7) is 3.99. The van der Waals surface area contributed by atoms with Crippen LogP contribution in [0.1, 0.15) is 49.4 Å². The van der Waals surface area contributed by atoms with Crippen LogP contribution in [0.15, 0.2) is 30.6 Å². The van der Waals surface area contributed by atoms with E-state index in [4.69, 9.17) is 5.11 Å². The average Bonchev–Trinajstić information content (AvgIpc) is 2.97. The molecule has 2 rings (SSSR count). The van der Waals surface area contributed by atoms with Crippen LogP contribution in [0.25, 0.3) is 11.9 Å². The van der Waals surface area contributed by atoms with E-state index in [-0.39, 0.29) is 11.7 Å². The van der Waals surface area contributed by atoms with E-state index >= 15 is 0 Å². The molecule has 8 heteroatoms. The van der Waals surface area contributed by atoms with Gasteiger partial charge in [0, 0.05) is 30.0 Å². The molecule has 0 spiro atoms. The summed E-state index contributed by atoms with van der Waals surface area (Å²) in [5, 5.41) is 13.2. The zero-order valence-corrected chi connectivity index (χ0v) is 13.8. The minimum absolute atomic E-state index is 0.115. The maximum absolute atomic E-state index is 12.6. The number of hydrogen-bond acceptors (Lipinski definition) is 3. The van der Waals surface area contributed by atoms with Gasteiger partial charge in [0.05, 0.1) is 11.3 Å². The van der Waals surface area contributed by atoms with E-state index in [1.54, 1.807) is 6.20 Å². The van der Waals surface area contributed by atoms with Gasteiger partial charge in [-0.2, -0.15) is 18.3 Å². The van der Waals surface area contributed by atoms with Crippen LogP contribution in [-0.4, -0.2) is 25.8 Å². The van der Waals surface area contributed by atoms with E-state index in [1.807, 2.05) is 13.8 Å². The summed E-state index contributed by atoms with van der Waals surface area (Å²) >= 11 is 0. The zero-order chi connectivity index (χ0) is 18.6. The molecule has 25 heavy (non-hydrogen) atoms. The summed E-state index contributed by atoms with van der Waals surface area (Å²) in [6, 6.07) is 2.17. The van der Waals surface area contributed by atoms with Crippen LogP contribution in [0.2, 0.25) is 0 Å². The third kappa shape index (κ3) is 4.46. The van der Waals surface area contributed by atoms with Crippen molar-refractivity contribution in [2.45, 2.75) is 38.8 Å². The quantitative estimate of drug-likeness (QED) is 0.787. The molecular formula is C17H18F3N3O2. The molecule has 134 valence electrons. The Labute approximate surface area is 142 Å². The molecule has 2 aromatic rings. The summed E-state index contributed by atoms with van der Waals surface area (Å²) in [4.78, 5) is 14.6. The van der Waals surface area contributed by atoms with Crippen molar-refractivity contribution >= 4 is 12.0 Å². The molecule has 0 amide bonds. The smallest absolute Gasteiger partial charge is 0.417 e. The van der Waals surface area contributed by atoms with Gasteiger partial charge >= 0.3 is 12.1 Å². The van der Waals surface area contributed by atoms with E-state index < -0.39 is 17.7 Å². The van der Waals surface area contributed by atoms with Crippen LogP contribution in [-0.2, 0) is 11.0 Å². The minimum Gasteiger partial charge on any atom is -0.478 e. The number of nitrogens with zero attached hydrogens (tertiary/aromatic N) is 3. The van der Waals surface area contributed by atoms with Crippen LogP contribution in [0, 0.1) is 0 Å². The lowest BCUT2D eigenvalue weighted by Crippen LogP contribution is -2.07. The molecule has 0 bridgehead atoms.